The van der Waals surface area contributed by atoms with Gasteiger partial charge in [-0.05, 0) is 83.6 Å². The highest BCUT2D eigenvalue weighted by Crippen LogP contribution is 2.42. The number of benzene rings is 7. The molecule has 0 aliphatic carbocycles. The van der Waals surface area contributed by atoms with Gasteiger partial charge in [0.05, 0.1) is 21.2 Å². The summed E-state index contributed by atoms with van der Waals surface area (Å²) in [6.07, 6.45) is 0. The SMILES string of the molecule is O=C(Nc1ccc(NC(=O)c2cc3ccccc3c(N=Nc3ccc(Cl)cc3Cl)c2O)cc1)c1cc2ccccc2c(N=Nc2ccc(Cl)cc2Cl)c1O. The number of nitrogens with zero attached hydrogens (tertiary/aromatic N) is 4. The maximum Gasteiger partial charge on any atom is 0.259 e. The van der Waals surface area contributed by atoms with E-state index in [9.17, 15) is 19.8 Å². The number of amides is 2. The summed E-state index contributed by atoms with van der Waals surface area (Å²) in [5, 5.41) is 48.7. The molecule has 7 aromatic carbocycles. The average Bonchev–Trinajstić information content (AvgIpc) is 3.15. The van der Waals surface area contributed by atoms with E-state index in [4.69, 9.17) is 46.4 Å². The molecule has 7 rings (SSSR count). The molecular weight excluding hydrogens is 770 g/mol. The van der Waals surface area contributed by atoms with Gasteiger partial charge in [0.25, 0.3) is 11.8 Å². The van der Waals surface area contributed by atoms with E-state index in [1.54, 1.807) is 109 Å². The Labute approximate surface area is 327 Å². The van der Waals surface area contributed by atoms with Crippen LogP contribution in [0.25, 0.3) is 21.5 Å². The van der Waals surface area contributed by atoms with Gasteiger partial charge in [0.2, 0.25) is 0 Å². The van der Waals surface area contributed by atoms with E-state index in [1.165, 1.54) is 12.1 Å². The van der Waals surface area contributed by atoms with Crippen molar-refractivity contribution in [2.24, 2.45) is 20.5 Å². The monoisotopic (exact) mass is 792 g/mol. The topological polar surface area (TPSA) is 148 Å². The van der Waals surface area contributed by atoms with Gasteiger partial charge in [-0.15, -0.1) is 20.5 Å². The molecule has 0 heterocycles. The fraction of sp³-hybridized carbons (Fsp3) is 0. The number of hydrogen-bond donors (Lipinski definition) is 4. The van der Waals surface area contributed by atoms with Gasteiger partial charge < -0.3 is 20.8 Å². The van der Waals surface area contributed by atoms with Gasteiger partial charge in [-0.3, -0.25) is 9.59 Å². The Morgan fingerprint density at radius 2 is 0.870 bits per heavy atom. The number of carbonyl (C=O) groups excluding carboxylic acids is 2. The van der Waals surface area contributed by atoms with Gasteiger partial charge in [0, 0.05) is 32.2 Å². The smallest absolute Gasteiger partial charge is 0.259 e. The minimum atomic E-state index is -0.612. The average molecular weight is 794 g/mol. The Kier molecular flexibility index (Phi) is 10.4. The lowest BCUT2D eigenvalue weighted by atomic mass is 10.0. The van der Waals surface area contributed by atoms with Crippen molar-refractivity contribution in [2.45, 2.75) is 0 Å². The molecule has 0 unspecified atom stereocenters. The molecule has 7 aromatic rings. The third kappa shape index (κ3) is 7.68. The van der Waals surface area contributed by atoms with E-state index in [-0.39, 0.29) is 44.0 Å². The van der Waals surface area contributed by atoms with Crippen LogP contribution in [0, 0.1) is 0 Å². The Morgan fingerprint density at radius 3 is 1.26 bits per heavy atom. The standard InChI is InChI=1S/C40H24Cl4N6O4/c41-23-9-15-33(31(43)19-23)47-49-35-27-7-3-1-5-21(27)17-29(37(35)51)39(53)45-25-11-13-26(14-12-25)46-40(54)30-18-22-6-2-4-8-28(22)36(38(30)52)50-48-34-16-10-24(42)20-32(34)44/h1-20,51-52H,(H,45,53)(H,46,54). The molecule has 0 fully saturated rings. The fourth-order valence-corrected chi connectivity index (χ4v) is 6.44. The van der Waals surface area contributed by atoms with Crippen molar-refractivity contribution < 1.29 is 19.8 Å². The van der Waals surface area contributed by atoms with Crippen LogP contribution in [0.4, 0.5) is 34.1 Å². The Hall–Kier alpha value is -6.04. The number of azo groups is 2. The molecule has 4 N–H and O–H groups in total. The van der Waals surface area contributed by atoms with Gasteiger partial charge in [-0.25, -0.2) is 0 Å². The zero-order valence-corrected chi connectivity index (χ0v) is 30.6. The summed E-state index contributed by atoms with van der Waals surface area (Å²) in [6, 6.07) is 33.1. The van der Waals surface area contributed by atoms with E-state index in [0.29, 0.717) is 54.3 Å². The van der Waals surface area contributed by atoms with E-state index >= 15 is 0 Å². The number of halogens is 4. The van der Waals surface area contributed by atoms with E-state index in [2.05, 4.69) is 31.1 Å². The molecule has 0 saturated heterocycles. The van der Waals surface area contributed by atoms with Crippen molar-refractivity contribution in [1.29, 1.82) is 0 Å². The molecule has 0 aliphatic rings. The molecule has 0 saturated carbocycles. The number of phenolic OH excluding ortho intramolecular Hbond substituents is 2. The summed E-state index contributed by atoms with van der Waals surface area (Å²) in [7, 11) is 0. The van der Waals surface area contributed by atoms with Crippen LogP contribution in [0.5, 0.6) is 11.5 Å². The Bertz CT molecular complexity index is 2500. The van der Waals surface area contributed by atoms with Crippen molar-refractivity contribution in [3.8, 4) is 11.5 Å². The third-order valence-corrected chi connectivity index (χ3v) is 9.29. The number of anilines is 2. The normalized spacial score (nSPS) is 11.5. The number of hydrogen-bond acceptors (Lipinski definition) is 8. The molecule has 0 aliphatic heterocycles. The Balaban J connectivity index is 1.11. The lowest BCUT2D eigenvalue weighted by Gasteiger charge is -2.13. The number of carbonyl (C=O) groups is 2. The third-order valence-electron chi connectivity index (χ3n) is 8.22. The number of aromatic hydroxyl groups is 2. The molecule has 14 heteroatoms. The quantitative estimate of drug-likeness (QED) is 0.113. The van der Waals surface area contributed by atoms with Crippen LogP contribution < -0.4 is 10.6 Å². The number of rotatable bonds is 8. The van der Waals surface area contributed by atoms with Crippen molar-refractivity contribution in [3.63, 3.8) is 0 Å². The Morgan fingerprint density at radius 1 is 0.481 bits per heavy atom. The molecule has 2 amide bonds. The zero-order chi connectivity index (χ0) is 37.9. The first-order chi connectivity index (χ1) is 26.0. The summed E-state index contributed by atoms with van der Waals surface area (Å²) < 4.78 is 0. The van der Waals surface area contributed by atoms with Gasteiger partial charge in [0.15, 0.2) is 11.5 Å². The van der Waals surface area contributed by atoms with Crippen LogP contribution in [-0.2, 0) is 0 Å². The predicted octanol–water partition coefficient (Wildman–Crippen LogP) is 13.4. The molecule has 0 radical (unpaired) electrons. The maximum atomic E-state index is 13.5. The molecule has 266 valence electrons. The summed E-state index contributed by atoms with van der Waals surface area (Å²) in [6.45, 7) is 0. The first-order valence-electron chi connectivity index (χ1n) is 16.0. The molecule has 0 bridgehead atoms. The van der Waals surface area contributed by atoms with Gasteiger partial charge in [-0.2, -0.15) is 0 Å². The van der Waals surface area contributed by atoms with Crippen LogP contribution in [0.15, 0.2) is 142 Å². The summed E-state index contributed by atoms with van der Waals surface area (Å²) in [5.74, 6) is -1.99. The molecular formula is C40H24Cl4N6O4. The maximum absolute atomic E-state index is 13.5. The first kappa shape index (κ1) is 36.3. The van der Waals surface area contributed by atoms with Crippen molar-refractivity contribution in [1.82, 2.24) is 0 Å². The predicted molar refractivity (Wildman–Crippen MR) is 215 cm³/mol. The largest absolute Gasteiger partial charge is 0.505 e. The first-order valence-corrected chi connectivity index (χ1v) is 17.5. The van der Waals surface area contributed by atoms with Crippen LogP contribution in [0.3, 0.4) is 0 Å². The summed E-state index contributed by atoms with van der Waals surface area (Å²) in [5.41, 5.74) is 1.48. The molecule has 0 spiro atoms. The van der Waals surface area contributed by atoms with E-state index in [1.807, 2.05) is 0 Å². The minimum Gasteiger partial charge on any atom is -0.505 e. The number of nitrogens with one attached hydrogen (secondary N) is 2. The van der Waals surface area contributed by atoms with E-state index in [0.717, 1.165) is 0 Å². The van der Waals surface area contributed by atoms with Gasteiger partial charge in [-0.1, -0.05) is 94.9 Å². The second kappa shape index (κ2) is 15.5. The number of phenols is 2. The van der Waals surface area contributed by atoms with Gasteiger partial charge >= 0.3 is 0 Å². The minimum absolute atomic E-state index is 0.0414. The zero-order valence-electron chi connectivity index (χ0n) is 27.6. The highest BCUT2D eigenvalue weighted by molar-refractivity contribution is 6.36. The second-order valence-corrected chi connectivity index (χ2v) is 13.4. The van der Waals surface area contributed by atoms with Gasteiger partial charge in [0.1, 0.15) is 22.7 Å². The highest BCUT2D eigenvalue weighted by Gasteiger charge is 2.21. The molecule has 10 nitrogen and oxygen atoms in total. The molecule has 0 aromatic heterocycles. The lowest BCUT2D eigenvalue weighted by Crippen LogP contribution is -2.13. The van der Waals surface area contributed by atoms with Crippen LogP contribution in [-0.4, -0.2) is 22.0 Å². The van der Waals surface area contributed by atoms with Crippen LogP contribution >= 0.6 is 46.4 Å². The van der Waals surface area contributed by atoms with Crippen molar-refractivity contribution in [3.05, 3.63) is 153 Å². The summed E-state index contributed by atoms with van der Waals surface area (Å²) in [4.78, 5) is 27.0. The lowest BCUT2D eigenvalue weighted by molar-refractivity contribution is 0.101. The van der Waals surface area contributed by atoms with Crippen molar-refractivity contribution >= 4 is 114 Å². The fourth-order valence-electron chi connectivity index (χ4n) is 5.55. The molecule has 0 atom stereocenters. The second-order valence-electron chi connectivity index (χ2n) is 11.8. The van der Waals surface area contributed by atoms with Crippen LogP contribution in [0.1, 0.15) is 20.7 Å². The number of fused-ring (bicyclic) bond motifs is 2. The van der Waals surface area contributed by atoms with Crippen LogP contribution in [0.2, 0.25) is 20.1 Å². The van der Waals surface area contributed by atoms with Crippen molar-refractivity contribution in [2.75, 3.05) is 10.6 Å². The summed E-state index contributed by atoms with van der Waals surface area (Å²) >= 11 is 24.5. The highest BCUT2D eigenvalue weighted by atomic mass is 35.5. The molecule has 54 heavy (non-hydrogen) atoms. The van der Waals surface area contributed by atoms with E-state index < -0.39 is 11.8 Å².